The van der Waals surface area contributed by atoms with Crippen molar-refractivity contribution in [3.8, 4) is 6.07 Å². The molecule has 0 radical (unpaired) electrons. The van der Waals surface area contributed by atoms with Crippen molar-refractivity contribution >= 4 is 17.7 Å². The van der Waals surface area contributed by atoms with E-state index in [1.54, 1.807) is 19.1 Å². The van der Waals surface area contributed by atoms with E-state index in [4.69, 9.17) is 10.4 Å². The van der Waals surface area contributed by atoms with Crippen molar-refractivity contribution < 1.29 is 9.90 Å². The second-order valence-corrected chi connectivity index (χ2v) is 3.58. The van der Waals surface area contributed by atoms with Crippen molar-refractivity contribution in [2.24, 2.45) is 0 Å². The van der Waals surface area contributed by atoms with Gasteiger partial charge in [0.2, 0.25) is 0 Å². The molecular weight excluding hydrogens is 198 g/mol. The van der Waals surface area contributed by atoms with Crippen LogP contribution in [0.2, 0.25) is 0 Å². The Kier molecular flexibility index (Phi) is 3.15. The van der Waals surface area contributed by atoms with Crippen LogP contribution in [0.5, 0.6) is 0 Å². The first-order chi connectivity index (χ1) is 6.61. The molecule has 0 aliphatic rings. The normalized spacial score (nSPS) is 9.50. The van der Waals surface area contributed by atoms with Crippen molar-refractivity contribution in [2.75, 3.05) is 6.26 Å². The molecule has 0 saturated carbocycles. The number of carbonyl (C=O) groups is 1. The molecule has 0 aromatic heterocycles. The van der Waals surface area contributed by atoms with E-state index in [2.05, 4.69) is 0 Å². The standard InChI is InChI=1S/C10H9NO2S/c1-6-7(5-11)3-4-8(14-2)9(6)10(12)13/h3-4H,1-2H3,(H,12,13). The van der Waals surface area contributed by atoms with Crippen LogP contribution in [0, 0.1) is 18.3 Å². The maximum Gasteiger partial charge on any atom is 0.337 e. The van der Waals surface area contributed by atoms with E-state index < -0.39 is 5.97 Å². The molecule has 0 amide bonds. The molecule has 0 heterocycles. The van der Waals surface area contributed by atoms with Gasteiger partial charge in [-0.15, -0.1) is 11.8 Å². The van der Waals surface area contributed by atoms with E-state index >= 15 is 0 Å². The Morgan fingerprint density at radius 3 is 2.64 bits per heavy atom. The highest BCUT2D eigenvalue weighted by atomic mass is 32.2. The van der Waals surface area contributed by atoms with Crippen molar-refractivity contribution in [1.29, 1.82) is 5.26 Å². The molecule has 0 bridgehead atoms. The largest absolute Gasteiger partial charge is 0.478 e. The molecule has 0 aliphatic carbocycles. The zero-order chi connectivity index (χ0) is 10.7. The third-order valence-corrected chi connectivity index (χ3v) is 2.76. The topological polar surface area (TPSA) is 61.1 Å². The molecule has 0 unspecified atom stereocenters. The fourth-order valence-electron chi connectivity index (χ4n) is 1.24. The molecule has 0 spiro atoms. The number of carboxylic acids is 1. The molecule has 1 N–H and O–H groups in total. The predicted molar refractivity (Wildman–Crippen MR) is 54.6 cm³/mol. The Hall–Kier alpha value is -1.47. The number of rotatable bonds is 2. The number of hydrogen-bond acceptors (Lipinski definition) is 3. The van der Waals surface area contributed by atoms with Crippen LogP contribution < -0.4 is 0 Å². The van der Waals surface area contributed by atoms with E-state index in [1.165, 1.54) is 11.8 Å². The fourth-order valence-corrected chi connectivity index (χ4v) is 1.89. The average Bonchev–Trinajstić information content (AvgIpc) is 2.16. The highest BCUT2D eigenvalue weighted by Gasteiger charge is 2.15. The number of aromatic carboxylic acids is 1. The Morgan fingerprint density at radius 1 is 1.57 bits per heavy atom. The number of carboxylic acid groups (broad SMARTS) is 1. The second kappa shape index (κ2) is 4.16. The summed E-state index contributed by atoms with van der Waals surface area (Å²) in [5.41, 5.74) is 1.18. The van der Waals surface area contributed by atoms with Gasteiger partial charge >= 0.3 is 5.97 Å². The Morgan fingerprint density at radius 2 is 2.21 bits per heavy atom. The second-order valence-electron chi connectivity index (χ2n) is 2.73. The lowest BCUT2D eigenvalue weighted by Gasteiger charge is -2.07. The third kappa shape index (κ3) is 1.73. The molecule has 1 rings (SSSR count). The molecule has 14 heavy (non-hydrogen) atoms. The first-order valence-corrected chi connectivity index (χ1v) is 5.15. The fraction of sp³-hybridized carbons (Fsp3) is 0.200. The van der Waals surface area contributed by atoms with Crippen LogP contribution in [0.15, 0.2) is 17.0 Å². The number of nitriles is 1. The molecular formula is C10H9NO2S. The number of hydrogen-bond donors (Lipinski definition) is 1. The van der Waals surface area contributed by atoms with Gasteiger partial charge in [-0.05, 0) is 30.9 Å². The summed E-state index contributed by atoms with van der Waals surface area (Å²) in [5.74, 6) is -0.982. The minimum absolute atomic E-state index is 0.233. The Labute approximate surface area is 86.4 Å². The van der Waals surface area contributed by atoms with Gasteiger partial charge < -0.3 is 5.11 Å². The van der Waals surface area contributed by atoms with E-state index in [1.807, 2.05) is 12.3 Å². The quantitative estimate of drug-likeness (QED) is 0.756. The van der Waals surface area contributed by atoms with Crippen molar-refractivity contribution in [2.45, 2.75) is 11.8 Å². The summed E-state index contributed by atoms with van der Waals surface area (Å²) in [7, 11) is 0. The molecule has 0 atom stereocenters. The highest BCUT2D eigenvalue weighted by molar-refractivity contribution is 7.98. The minimum Gasteiger partial charge on any atom is -0.478 e. The molecule has 0 fully saturated rings. The first kappa shape index (κ1) is 10.6. The van der Waals surface area contributed by atoms with Gasteiger partial charge in [-0.1, -0.05) is 0 Å². The molecule has 72 valence electrons. The van der Waals surface area contributed by atoms with Gasteiger partial charge in [-0.3, -0.25) is 0 Å². The van der Waals surface area contributed by atoms with Gasteiger partial charge in [0.25, 0.3) is 0 Å². The summed E-state index contributed by atoms with van der Waals surface area (Å²) in [6, 6.07) is 5.28. The maximum absolute atomic E-state index is 10.9. The summed E-state index contributed by atoms with van der Waals surface area (Å²) in [5, 5.41) is 17.7. The Balaban J connectivity index is 3.49. The zero-order valence-electron chi connectivity index (χ0n) is 7.87. The number of benzene rings is 1. The van der Waals surface area contributed by atoms with Crippen LogP contribution in [-0.4, -0.2) is 17.3 Å². The third-order valence-electron chi connectivity index (χ3n) is 1.98. The van der Waals surface area contributed by atoms with Crippen LogP contribution in [0.3, 0.4) is 0 Å². The molecule has 1 aromatic rings. The van der Waals surface area contributed by atoms with E-state index in [-0.39, 0.29) is 5.56 Å². The van der Waals surface area contributed by atoms with Gasteiger partial charge in [0.05, 0.1) is 17.2 Å². The summed E-state index contributed by atoms with van der Waals surface area (Å²) >= 11 is 1.37. The van der Waals surface area contributed by atoms with Crippen molar-refractivity contribution in [1.82, 2.24) is 0 Å². The predicted octanol–water partition coefficient (Wildman–Crippen LogP) is 2.29. The van der Waals surface area contributed by atoms with Crippen molar-refractivity contribution in [3.63, 3.8) is 0 Å². The average molecular weight is 207 g/mol. The summed E-state index contributed by atoms with van der Waals surface area (Å²) in [6.07, 6.45) is 1.81. The smallest absolute Gasteiger partial charge is 0.337 e. The van der Waals surface area contributed by atoms with Crippen molar-refractivity contribution in [3.05, 3.63) is 28.8 Å². The number of thioether (sulfide) groups is 1. The summed E-state index contributed by atoms with van der Waals surface area (Å²) in [4.78, 5) is 11.6. The van der Waals surface area contributed by atoms with Crippen LogP contribution in [-0.2, 0) is 0 Å². The van der Waals surface area contributed by atoms with E-state index in [0.717, 1.165) is 0 Å². The van der Waals surface area contributed by atoms with E-state index in [9.17, 15) is 4.79 Å². The first-order valence-electron chi connectivity index (χ1n) is 3.92. The highest BCUT2D eigenvalue weighted by Crippen LogP contribution is 2.25. The van der Waals surface area contributed by atoms with Gasteiger partial charge in [-0.2, -0.15) is 5.26 Å². The van der Waals surface area contributed by atoms with Crippen LogP contribution in [0.4, 0.5) is 0 Å². The monoisotopic (exact) mass is 207 g/mol. The van der Waals surface area contributed by atoms with Gasteiger partial charge in [0.15, 0.2) is 0 Å². The van der Waals surface area contributed by atoms with Crippen LogP contribution in [0.25, 0.3) is 0 Å². The lowest BCUT2D eigenvalue weighted by Crippen LogP contribution is -2.03. The lowest BCUT2D eigenvalue weighted by atomic mass is 10.0. The molecule has 0 saturated heterocycles. The maximum atomic E-state index is 10.9. The molecule has 0 aliphatic heterocycles. The van der Waals surface area contributed by atoms with Gasteiger partial charge in [0.1, 0.15) is 0 Å². The minimum atomic E-state index is -0.982. The van der Waals surface area contributed by atoms with Gasteiger partial charge in [0, 0.05) is 4.90 Å². The summed E-state index contributed by atoms with van der Waals surface area (Å²) in [6.45, 7) is 1.65. The SMILES string of the molecule is CSc1ccc(C#N)c(C)c1C(=O)O. The summed E-state index contributed by atoms with van der Waals surface area (Å²) < 4.78 is 0. The van der Waals surface area contributed by atoms with E-state index in [0.29, 0.717) is 16.0 Å². The molecule has 4 heteroatoms. The Bertz CT molecular complexity index is 421. The van der Waals surface area contributed by atoms with Gasteiger partial charge in [-0.25, -0.2) is 4.79 Å². The molecule has 3 nitrogen and oxygen atoms in total. The number of nitrogens with zero attached hydrogens (tertiary/aromatic N) is 1. The lowest BCUT2D eigenvalue weighted by molar-refractivity contribution is 0.0692. The molecule has 1 aromatic carbocycles. The van der Waals surface area contributed by atoms with Crippen LogP contribution >= 0.6 is 11.8 Å². The zero-order valence-corrected chi connectivity index (χ0v) is 8.68. The van der Waals surface area contributed by atoms with Crippen LogP contribution in [0.1, 0.15) is 21.5 Å².